The first-order chi connectivity index (χ1) is 9.46. The third-order valence-electron chi connectivity index (χ3n) is 3.10. The molecule has 4 heteroatoms. The van der Waals surface area contributed by atoms with Crippen molar-refractivity contribution in [3.05, 3.63) is 36.5 Å². The van der Waals surface area contributed by atoms with Crippen molar-refractivity contribution in [3.8, 4) is 0 Å². The fourth-order valence-corrected chi connectivity index (χ4v) is 2.03. The van der Waals surface area contributed by atoms with E-state index >= 15 is 0 Å². The summed E-state index contributed by atoms with van der Waals surface area (Å²) in [7, 11) is 0. The molecular weight excluding hydrogens is 250 g/mol. The van der Waals surface area contributed by atoms with Crippen molar-refractivity contribution >= 4 is 16.9 Å². The number of hydrogen-bond donors (Lipinski definition) is 2. The summed E-state index contributed by atoms with van der Waals surface area (Å²) < 4.78 is 2.15. The maximum Gasteiger partial charge on any atom is 0.314 e. The van der Waals surface area contributed by atoms with Crippen LogP contribution in [0.5, 0.6) is 0 Å². The third kappa shape index (κ3) is 4.02. The third-order valence-corrected chi connectivity index (χ3v) is 3.10. The topological polar surface area (TPSA) is 46.1 Å². The molecule has 1 aromatic carbocycles. The normalized spacial score (nSPS) is 11.6. The Kier molecular flexibility index (Phi) is 4.32. The Morgan fingerprint density at radius 2 is 1.90 bits per heavy atom. The van der Waals surface area contributed by atoms with E-state index in [0.29, 0.717) is 13.1 Å². The number of para-hydroxylation sites is 1. The number of carbonyl (C=O) groups excluding carboxylic acids is 1. The Morgan fingerprint density at radius 1 is 1.15 bits per heavy atom. The summed E-state index contributed by atoms with van der Waals surface area (Å²) >= 11 is 0. The summed E-state index contributed by atoms with van der Waals surface area (Å²) in [4.78, 5) is 11.7. The van der Waals surface area contributed by atoms with Crippen LogP contribution in [0, 0.1) is 5.41 Å². The van der Waals surface area contributed by atoms with E-state index in [0.717, 1.165) is 6.54 Å². The lowest BCUT2D eigenvalue weighted by molar-refractivity contribution is 0.235. The number of benzene rings is 1. The van der Waals surface area contributed by atoms with Crippen LogP contribution >= 0.6 is 0 Å². The summed E-state index contributed by atoms with van der Waals surface area (Å²) in [5.41, 5.74) is 1.30. The lowest BCUT2D eigenvalue weighted by Crippen LogP contribution is -2.40. The molecule has 0 unspecified atom stereocenters. The van der Waals surface area contributed by atoms with Crippen molar-refractivity contribution in [2.45, 2.75) is 27.3 Å². The summed E-state index contributed by atoms with van der Waals surface area (Å²) in [6, 6.07) is 10.2. The van der Waals surface area contributed by atoms with Gasteiger partial charge in [-0.1, -0.05) is 39.0 Å². The zero-order valence-corrected chi connectivity index (χ0v) is 12.4. The molecule has 0 saturated heterocycles. The van der Waals surface area contributed by atoms with E-state index < -0.39 is 0 Å². The van der Waals surface area contributed by atoms with Crippen LogP contribution in [-0.2, 0) is 6.54 Å². The highest BCUT2D eigenvalue weighted by Crippen LogP contribution is 2.14. The average molecular weight is 273 g/mol. The lowest BCUT2D eigenvalue weighted by Gasteiger charge is -2.19. The highest BCUT2D eigenvalue weighted by atomic mass is 16.2. The van der Waals surface area contributed by atoms with Gasteiger partial charge >= 0.3 is 6.03 Å². The SMILES string of the molecule is CC(C)(C)CNC(=O)NCCn1ccc2ccccc21. The van der Waals surface area contributed by atoms with E-state index in [2.05, 4.69) is 60.4 Å². The second-order valence-electron chi connectivity index (χ2n) is 6.24. The first-order valence-corrected chi connectivity index (χ1v) is 7.01. The molecule has 2 amide bonds. The highest BCUT2D eigenvalue weighted by Gasteiger charge is 2.11. The molecule has 0 radical (unpaired) electrons. The minimum atomic E-state index is -0.101. The molecule has 2 aromatic rings. The molecule has 1 heterocycles. The maximum atomic E-state index is 11.7. The molecule has 108 valence electrons. The van der Waals surface area contributed by atoms with Crippen LogP contribution in [0.4, 0.5) is 4.79 Å². The zero-order chi connectivity index (χ0) is 14.6. The summed E-state index contributed by atoms with van der Waals surface area (Å²) in [5.74, 6) is 0. The molecule has 0 bridgehead atoms. The molecule has 2 rings (SSSR count). The maximum absolute atomic E-state index is 11.7. The summed E-state index contributed by atoms with van der Waals surface area (Å²) in [6.07, 6.45) is 2.05. The molecule has 0 atom stereocenters. The van der Waals surface area contributed by atoms with Crippen LogP contribution in [0.2, 0.25) is 0 Å². The first kappa shape index (κ1) is 14.4. The van der Waals surface area contributed by atoms with Crippen LogP contribution in [0.1, 0.15) is 20.8 Å². The minimum absolute atomic E-state index is 0.101. The van der Waals surface area contributed by atoms with E-state index in [4.69, 9.17) is 0 Å². The second-order valence-corrected chi connectivity index (χ2v) is 6.24. The number of amides is 2. The Morgan fingerprint density at radius 3 is 2.65 bits per heavy atom. The van der Waals surface area contributed by atoms with Gasteiger partial charge in [0.2, 0.25) is 0 Å². The Hall–Kier alpha value is -1.97. The lowest BCUT2D eigenvalue weighted by atomic mass is 9.97. The number of rotatable bonds is 4. The molecule has 0 aliphatic heterocycles. The first-order valence-electron chi connectivity index (χ1n) is 7.01. The smallest absolute Gasteiger partial charge is 0.314 e. The standard InChI is InChI=1S/C16H23N3O/c1-16(2,3)12-18-15(20)17-9-11-19-10-8-13-6-4-5-7-14(13)19/h4-8,10H,9,11-12H2,1-3H3,(H2,17,18,20). The fraction of sp³-hybridized carbons (Fsp3) is 0.438. The van der Waals surface area contributed by atoms with E-state index in [9.17, 15) is 4.79 Å². The van der Waals surface area contributed by atoms with E-state index in [1.54, 1.807) is 0 Å². The van der Waals surface area contributed by atoms with Gasteiger partial charge in [-0.2, -0.15) is 0 Å². The number of aromatic nitrogens is 1. The Bertz CT molecular complexity index is 581. The van der Waals surface area contributed by atoms with Gasteiger partial charge in [0.1, 0.15) is 0 Å². The Balaban J connectivity index is 1.80. The van der Waals surface area contributed by atoms with Crippen molar-refractivity contribution in [3.63, 3.8) is 0 Å². The number of nitrogens with one attached hydrogen (secondary N) is 2. The van der Waals surface area contributed by atoms with Crippen molar-refractivity contribution in [2.75, 3.05) is 13.1 Å². The minimum Gasteiger partial charge on any atom is -0.346 e. The summed E-state index contributed by atoms with van der Waals surface area (Å²) in [6.45, 7) is 8.36. The van der Waals surface area contributed by atoms with Crippen molar-refractivity contribution in [1.82, 2.24) is 15.2 Å². The molecular formula is C16H23N3O. The van der Waals surface area contributed by atoms with Crippen LogP contribution < -0.4 is 10.6 Å². The molecule has 0 aliphatic rings. The average Bonchev–Trinajstić information content (AvgIpc) is 2.79. The van der Waals surface area contributed by atoms with Crippen molar-refractivity contribution in [1.29, 1.82) is 0 Å². The van der Waals surface area contributed by atoms with Gasteiger partial charge in [0.05, 0.1) is 0 Å². The van der Waals surface area contributed by atoms with Gasteiger partial charge in [0.15, 0.2) is 0 Å². The van der Waals surface area contributed by atoms with Crippen LogP contribution in [0.15, 0.2) is 36.5 Å². The molecule has 0 spiro atoms. The number of fused-ring (bicyclic) bond motifs is 1. The van der Waals surface area contributed by atoms with Crippen LogP contribution in [0.25, 0.3) is 10.9 Å². The molecule has 0 fully saturated rings. The van der Waals surface area contributed by atoms with Gasteiger partial charge in [0, 0.05) is 31.3 Å². The number of nitrogens with zero attached hydrogens (tertiary/aromatic N) is 1. The molecule has 4 nitrogen and oxygen atoms in total. The number of carbonyl (C=O) groups is 1. The predicted octanol–water partition coefficient (Wildman–Crippen LogP) is 2.99. The highest BCUT2D eigenvalue weighted by molar-refractivity contribution is 5.80. The fourth-order valence-electron chi connectivity index (χ4n) is 2.03. The van der Waals surface area contributed by atoms with Crippen LogP contribution in [0.3, 0.4) is 0 Å². The molecule has 2 N–H and O–H groups in total. The predicted molar refractivity (Wildman–Crippen MR) is 82.8 cm³/mol. The van der Waals surface area contributed by atoms with E-state index in [1.165, 1.54) is 10.9 Å². The summed E-state index contributed by atoms with van der Waals surface area (Å²) in [5, 5.41) is 6.99. The zero-order valence-electron chi connectivity index (χ0n) is 12.4. The van der Waals surface area contributed by atoms with Crippen molar-refractivity contribution < 1.29 is 4.79 Å². The molecule has 0 aliphatic carbocycles. The van der Waals surface area contributed by atoms with Crippen LogP contribution in [-0.4, -0.2) is 23.7 Å². The number of hydrogen-bond acceptors (Lipinski definition) is 1. The van der Waals surface area contributed by atoms with Crippen molar-refractivity contribution in [2.24, 2.45) is 5.41 Å². The van der Waals surface area contributed by atoms with E-state index in [-0.39, 0.29) is 11.4 Å². The van der Waals surface area contributed by atoms with E-state index in [1.807, 2.05) is 12.1 Å². The van der Waals surface area contributed by atoms with Gasteiger partial charge in [-0.15, -0.1) is 0 Å². The van der Waals surface area contributed by atoms with Gasteiger partial charge in [0.25, 0.3) is 0 Å². The molecule has 0 saturated carbocycles. The molecule has 20 heavy (non-hydrogen) atoms. The van der Waals surface area contributed by atoms with Gasteiger partial charge < -0.3 is 15.2 Å². The molecule has 1 aromatic heterocycles. The monoisotopic (exact) mass is 273 g/mol. The quantitative estimate of drug-likeness (QED) is 0.884. The van der Waals surface area contributed by atoms with Gasteiger partial charge in [-0.05, 0) is 22.9 Å². The second kappa shape index (κ2) is 5.99. The van der Waals surface area contributed by atoms with Gasteiger partial charge in [-0.25, -0.2) is 4.79 Å². The largest absolute Gasteiger partial charge is 0.346 e. The van der Waals surface area contributed by atoms with Gasteiger partial charge in [-0.3, -0.25) is 0 Å². The Labute approximate surface area is 120 Å². The number of urea groups is 1.